The Kier molecular flexibility index (Phi) is 8.00. The summed E-state index contributed by atoms with van der Waals surface area (Å²) >= 11 is 0. The van der Waals surface area contributed by atoms with Crippen molar-refractivity contribution in [2.75, 3.05) is 39.4 Å². The molecule has 16 heavy (non-hydrogen) atoms. The van der Waals surface area contributed by atoms with E-state index >= 15 is 0 Å². The maximum atomic E-state index is 11.5. The molecule has 0 radical (unpaired) electrons. The van der Waals surface area contributed by atoms with Gasteiger partial charge in [-0.3, -0.25) is 9.59 Å². The lowest BCUT2D eigenvalue weighted by atomic mass is 10.4. The van der Waals surface area contributed by atoms with Crippen LogP contribution >= 0.6 is 0 Å². The molecule has 0 aromatic carbocycles. The molecule has 0 unspecified atom stereocenters. The maximum Gasteiger partial charge on any atom is 0.242 e. The minimum Gasteiger partial charge on any atom is -0.395 e. The third-order valence-corrected chi connectivity index (χ3v) is 1.89. The first-order chi connectivity index (χ1) is 7.69. The van der Waals surface area contributed by atoms with Crippen LogP contribution < -0.4 is 0 Å². The van der Waals surface area contributed by atoms with Gasteiger partial charge < -0.3 is 24.8 Å². The molecule has 0 saturated heterocycles. The number of hydrogen-bond acceptors (Lipinski definition) is 5. The van der Waals surface area contributed by atoms with E-state index in [-0.39, 0.29) is 39.4 Å². The Morgan fingerprint density at radius 3 is 2.19 bits per heavy atom. The smallest absolute Gasteiger partial charge is 0.242 e. The van der Waals surface area contributed by atoms with Gasteiger partial charge in [-0.15, -0.1) is 0 Å². The van der Waals surface area contributed by atoms with Gasteiger partial charge in [-0.05, 0) is 0 Å². The molecule has 0 aliphatic rings. The van der Waals surface area contributed by atoms with Crippen LogP contribution in [0.2, 0.25) is 0 Å². The average molecular weight is 232 g/mol. The topological polar surface area (TPSA) is 98.2 Å². The van der Waals surface area contributed by atoms with Crippen LogP contribution in [0.15, 0.2) is 0 Å². The number of hydrogen-bond donors (Lipinski definition) is 2. The van der Waals surface area contributed by atoms with E-state index in [9.17, 15) is 14.4 Å². The average Bonchev–Trinajstić information content (AvgIpc) is 2.28. The maximum absolute atomic E-state index is 11.5. The Balaban J connectivity index is 4.25. The highest BCUT2D eigenvalue weighted by Gasteiger charge is 2.15. The number of carbonyl (C=O) groups excluding carboxylic acids is 3. The number of amides is 2. The second-order valence-corrected chi connectivity index (χ2v) is 3.03. The highest BCUT2D eigenvalue weighted by Crippen LogP contribution is 1.91. The summed E-state index contributed by atoms with van der Waals surface area (Å²) in [6.45, 7) is -0.712. The van der Waals surface area contributed by atoms with E-state index in [2.05, 4.69) is 0 Å². The summed E-state index contributed by atoms with van der Waals surface area (Å²) in [5, 5.41) is 17.3. The molecule has 2 amide bonds. The zero-order chi connectivity index (χ0) is 12.4. The Labute approximate surface area is 93.3 Å². The molecule has 7 nitrogen and oxygen atoms in total. The van der Waals surface area contributed by atoms with Gasteiger partial charge in [0.25, 0.3) is 0 Å². The van der Waals surface area contributed by atoms with E-state index in [1.54, 1.807) is 0 Å². The Morgan fingerprint density at radius 2 is 1.75 bits per heavy atom. The third kappa shape index (κ3) is 5.42. The predicted octanol–water partition coefficient (Wildman–Crippen LogP) is -2.54. The van der Waals surface area contributed by atoms with Gasteiger partial charge in [0.15, 0.2) is 0 Å². The van der Waals surface area contributed by atoms with E-state index < -0.39 is 5.91 Å². The van der Waals surface area contributed by atoms with Crippen LogP contribution in [-0.2, 0) is 14.4 Å². The molecule has 0 aliphatic carbocycles. The summed E-state index contributed by atoms with van der Waals surface area (Å²) in [5.41, 5.74) is 0. The molecule has 0 atom stereocenters. The summed E-state index contributed by atoms with van der Waals surface area (Å²) in [6, 6.07) is 0. The highest BCUT2D eigenvalue weighted by atomic mass is 16.3. The van der Waals surface area contributed by atoms with Crippen molar-refractivity contribution in [1.82, 2.24) is 9.80 Å². The third-order valence-electron chi connectivity index (χ3n) is 1.89. The summed E-state index contributed by atoms with van der Waals surface area (Å²) in [7, 11) is 0. The van der Waals surface area contributed by atoms with Crippen molar-refractivity contribution in [3.05, 3.63) is 0 Å². The number of aldehydes is 1. The summed E-state index contributed by atoms with van der Waals surface area (Å²) in [5.74, 6) is -0.443. The van der Waals surface area contributed by atoms with Crippen molar-refractivity contribution in [1.29, 1.82) is 0 Å². The number of aliphatic hydroxyl groups is 2. The van der Waals surface area contributed by atoms with Crippen molar-refractivity contribution in [3.63, 3.8) is 0 Å². The molecule has 0 aliphatic heterocycles. The van der Waals surface area contributed by atoms with Crippen LogP contribution in [0, 0.1) is 0 Å². The second-order valence-electron chi connectivity index (χ2n) is 3.03. The zero-order valence-electron chi connectivity index (χ0n) is 8.91. The monoisotopic (exact) mass is 232 g/mol. The van der Waals surface area contributed by atoms with Gasteiger partial charge in [-0.1, -0.05) is 0 Å². The minimum atomic E-state index is -0.443. The van der Waals surface area contributed by atoms with E-state index in [4.69, 9.17) is 10.2 Å². The van der Waals surface area contributed by atoms with E-state index in [0.29, 0.717) is 12.7 Å². The lowest BCUT2D eigenvalue weighted by molar-refractivity contribution is -0.137. The Morgan fingerprint density at radius 1 is 1.12 bits per heavy atom. The minimum absolute atomic E-state index is 0.0450. The van der Waals surface area contributed by atoms with Gasteiger partial charge in [-0.25, -0.2) is 0 Å². The normalized spacial score (nSPS) is 9.62. The first kappa shape index (κ1) is 14.5. The number of rotatable bonds is 9. The molecule has 2 N–H and O–H groups in total. The number of nitrogens with zero attached hydrogens (tertiary/aromatic N) is 2. The molecule has 0 spiro atoms. The van der Waals surface area contributed by atoms with E-state index in [1.165, 1.54) is 0 Å². The standard InChI is InChI=1S/C9H16N2O5/c12-4-1-10(8-15)7-9(16)11(2-5-13)3-6-14/h5,8,12,14H,1-4,6-7H2. The van der Waals surface area contributed by atoms with Crippen molar-refractivity contribution in [2.24, 2.45) is 0 Å². The summed E-state index contributed by atoms with van der Waals surface area (Å²) in [4.78, 5) is 34.5. The quantitative estimate of drug-likeness (QED) is 0.427. The number of carbonyl (C=O) groups is 3. The molecule has 0 saturated carbocycles. The van der Waals surface area contributed by atoms with Crippen molar-refractivity contribution < 1.29 is 24.6 Å². The highest BCUT2D eigenvalue weighted by molar-refractivity contribution is 5.81. The van der Waals surface area contributed by atoms with Crippen LogP contribution in [0.25, 0.3) is 0 Å². The van der Waals surface area contributed by atoms with Gasteiger partial charge in [0, 0.05) is 13.1 Å². The van der Waals surface area contributed by atoms with Crippen molar-refractivity contribution in [2.45, 2.75) is 0 Å². The molecular weight excluding hydrogens is 216 g/mol. The van der Waals surface area contributed by atoms with E-state index in [0.717, 1.165) is 9.80 Å². The summed E-state index contributed by atoms with van der Waals surface area (Å²) < 4.78 is 0. The van der Waals surface area contributed by atoms with Gasteiger partial charge in [0.2, 0.25) is 12.3 Å². The predicted molar refractivity (Wildman–Crippen MR) is 54.5 cm³/mol. The molecule has 0 heterocycles. The van der Waals surface area contributed by atoms with Gasteiger partial charge >= 0.3 is 0 Å². The largest absolute Gasteiger partial charge is 0.395 e. The number of aliphatic hydroxyl groups excluding tert-OH is 2. The van der Waals surface area contributed by atoms with Crippen LogP contribution in [0.3, 0.4) is 0 Å². The Hall–Kier alpha value is -1.47. The van der Waals surface area contributed by atoms with Crippen molar-refractivity contribution in [3.8, 4) is 0 Å². The molecule has 0 bridgehead atoms. The molecule has 92 valence electrons. The fourth-order valence-electron chi connectivity index (χ4n) is 1.10. The van der Waals surface area contributed by atoms with Gasteiger partial charge in [0.05, 0.1) is 26.3 Å². The summed E-state index contributed by atoms with van der Waals surface area (Å²) in [6.07, 6.45) is 0.997. The fourth-order valence-corrected chi connectivity index (χ4v) is 1.10. The SMILES string of the molecule is O=CCN(CCO)C(=O)CN(C=O)CCO. The first-order valence-corrected chi connectivity index (χ1v) is 4.82. The van der Waals surface area contributed by atoms with Crippen LogP contribution in [0.4, 0.5) is 0 Å². The molecule has 0 rings (SSSR count). The van der Waals surface area contributed by atoms with Crippen LogP contribution in [0.1, 0.15) is 0 Å². The van der Waals surface area contributed by atoms with Crippen LogP contribution in [-0.4, -0.2) is 78.0 Å². The Bertz CT molecular complexity index is 234. The van der Waals surface area contributed by atoms with Crippen molar-refractivity contribution >= 4 is 18.6 Å². The molecular formula is C9H16N2O5. The lowest BCUT2D eigenvalue weighted by Gasteiger charge is -2.22. The molecule has 7 heteroatoms. The van der Waals surface area contributed by atoms with Gasteiger partial charge in [0.1, 0.15) is 6.29 Å². The molecule has 0 aromatic rings. The van der Waals surface area contributed by atoms with Crippen LogP contribution in [0.5, 0.6) is 0 Å². The second kappa shape index (κ2) is 8.81. The van der Waals surface area contributed by atoms with E-state index in [1.807, 2.05) is 0 Å². The molecule has 0 aromatic heterocycles. The zero-order valence-corrected chi connectivity index (χ0v) is 8.91. The lowest BCUT2D eigenvalue weighted by Crippen LogP contribution is -2.42. The molecule has 0 fully saturated rings. The fraction of sp³-hybridized carbons (Fsp3) is 0.667. The first-order valence-electron chi connectivity index (χ1n) is 4.82. The van der Waals surface area contributed by atoms with Gasteiger partial charge in [-0.2, -0.15) is 0 Å².